The number of benzene rings is 3. The Morgan fingerprint density at radius 1 is 0.900 bits per heavy atom. The van der Waals surface area contributed by atoms with Crippen molar-refractivity contribution in [2.24, 2.45) is 0 Å². The van der Waals surface area contributed by atoms with Crippen LogP contribution in [0, 0.1) is 17.5 Å². The molecule has 3 aromatic carbocycles. The van der Waals surface area contributed by atoms with E-state index < -0.39 is 28.9 Å². The highest BCUT2D eigenvalue weighted by molar-refractivity contribution is 6.34. The van der Waals surface area contributed by atoms with Crippen molar-refractivity contribution in [2.75, 3.05) is 5.32 Å². The third-order valence-corrected chi connectivity index (χ3v) is 4.83. The molecule has 1 heterocycles. The zero-order chi connectivity index (χ0) is 21.4. The number of aromatic nitrogens is 1. The first-order valence-corrected chi connectivity index (χ1v) is 9.09. The van der Waals surface area contributed by atoms with Crippen LogP contribution in [0.1, 0.15) is 10.4 Å². The SMILES string of the molecule is O=C(Nc1ccc(F)cc1Cl)c1cn(-c2ccc(F)cc2F)c(=O)c2ccccc12. The standard InChI is InChI=1S/C22H12ClF3N2O2/c23-17-9-12(24)5-7-19(17)27-21(29)16-11-28(20-8-6-13(25)10-18(20)26)22(30)15-4-2-1-3-14(15)16/h1-11H,(H,27,29). The van der Waals surface area contributed by atoms with Crippen LogP contribution in [-0.4, -0.2) is 10.5 Å². The molecule has 1 N–H and O–H groups in total. The lowest BCUT2D eigenvalue weighted by Crippen LogP contribution is -2.23. The maximum absolute atomic E-state index is 14.3. The Kier molecular flexibility index (Phi) is 5.05. The lowest BCUT2D eigenvalue weighted by Gasteiger charge is -2.14. The minimum atomic E-state index is -0.958. The number of halogens is 4. The van der Waals surface area contributed by atoms with Crippen LogP contribution in [-0.2, 0) is 0 Å². The third kappa shape index (κ3) is 3.55. The molecule has 0 bridgehead atoms. The fourth-order valence-electron chi connectivity index (χ4n) is 3.11. The molecule has 0 aliphatic heterocycles. The van der Waals surface area contributed by atoms with Crippen LogP contribution in [0.25, 0.3) is 16.5 Å². The Bertz CT molecular complexity index is 1370. The molecule has 4 rings (SSSR count). The summed E-state index contributed by atoms with van der Waals surface area (Å²) in [6.45, 7) is 0. The highest BCUT2D eigenvalue weighted by atomic mass is 35.5. The van der Waals surface area contributed by atoms with E-state index in [9.17, 15) is 22.8 Å². The van der Waals surface area contributed by atoms with E-state index in [0.29, 0.717) is 11.5 Å². The van der Waals surface area contributed by atoms with Crippen molar-refractivity contribution in [1.82, 2.24) is 4.57 Å². The molecule has 0 unspecified atom stereocenters. The summed E-state index contributed by atoms with van der Waals surface area (Å²) in [5, 5.41) is 3.05. The van der Waals surface area contributed by atoms with Crippen LogP contribution in [0.3, 0.4) is 0 Å². The fourth-order valence-corrected chi connectivity index (χ4v) is 3.32. The summed E-state index contributed by atoms with van der Waals surface area (Å²) >= 11 is 5.97. The first-order chi connectivity index (χ1) is 14.3. The van der Waals surface area contributed by atoms with E-state index in [-0.39, 0.29) is 27.3 Å². The highest BCUT2D eigenvalue weighted by Gasteiger charge is 2.18. The van der Waals surface area contributed by atoms with E-state index in [0.717, 1.165) is 28.8 Å². The molecule has 4 aromatic rings. The summed E-state index contributed by atoms with van der Waals surface area (Å²) in [4.78, 5) is 25.9. The minimum Gasteiger partial charge on any atom is -0.321 e. The third-order valence-electron chi connectivity index (χ3n) is 4.52. The van der Waals surface area contributed by atoms with Gasteiger partial charge in [-0.25, -0.2) is 13.2 Å². The Labute approximate surface area is 173 Å². The molecule has 8 heteroatoms. The molecule has 150 valence electrons. The van der Waals surface area contributed by atoms with Crippen molar-refractivity contribution in [3.8, 4) is 5.69 Å². The molecule has 0 radical (unpaired) electrons. The number of rotatable bonds is 3. The average molecular weight is 429 g/mol. The van der Waals surface area contributed by atoms with E-state index in [1.54, 1.807) is 18.2 Å². The molecule has 0 spiro atoms. The van der Waals surface area contributed by atoms with Gasteiger partial charge in [0, 0.05) is 23.0 Å². The number of amides is 1. The fraction of sp³-hybridized carbons (Fsp3) is 0. The number of anilines is 1. The Balaban J connectivity index is 1.90. The van der Waals surface area contributed by atoms with Crippen LogP contribution >= 0.6 is 11.6 Å². The highest BCUT2D eigenvalue weighted by Crippen LogP contribution is 2.25. The van der Waals surface area contributed by atoms with Crippen LogP contribution < -0.4 is 10.9 Å². The number of carbonyl (C=O) groups is 1. The summed E-state index contributed by atoms with van der Waals surface area (Å²) in [5.74, 6) is -2.96. The van der Waals surface area contributed by atoms with Crippen LogP contribution in [0.2, 0.25) is 5.02 Å². The van der Waals surface area contributed by atoms with Crippen molar-refractivity contribution in [2.45, 2.75) is 0 Å². The molecule has 1 aromatic heterocycles. The second-order valence-corrected chi connectivity index (χ2v) is 6.84. The predicted octanol–water partition coefficient (Wildman–Crippen LogP) is 5.31. The molecule has 30 heavy (non-hydrogen) atoms. The summed E-state index contributed by atoms with van der Waals surface area (Å²) in [5.41, 5.74) is -0.569. The average Bonchev–Trinajstić information content (AvgIpc) is 2.71. The van der Waals surface area contributed by atoms with Crippen molar-refractivity contribution in [3.63, 3.8) is 0 Å². The lowest BCUT2D eigenvalue weighted by atomic mass is 10.1. The van der Waals surface area contributed by atoms with Crippen molar-refractivity contribution >= 4 is 34.0 Å². The van der Waals surface area contributed by atoms with Gasteiger partial charge in [0.1, 0.15) is 17.5 Å². The van der Waals surface area contributed by atoms with Gasteiger partial charge in [0.2, 0.25) is 0 Å². The zero-order valence-corrected chi connectivity index (χ0v) is 15.9. The molecule has 0 aliphatic carbocycles. The topological polar surface area (TPSA) is 51.1 Å². The molecule has 0 atom stereocenters. The number of hydrogen-bond donors (Lipinski definition) is 1. The molecule has 0 fully saturated rings. The number of carbonyl (C=O) groups excluding carboxylic acids is 1. The van der Waals surface area contributed by atoms with Gasteiger partial charge in [-0.1, -0.05) is 29.8 Å². The van der Waals surface area contributed by atoms with E-state index in [1.165, 1.54) is 18.3 Å². The maximum atomic E-state index is 14.3. The van der Waals surface area contributed by atoms with Crippen molar-refractivity contribution in [1.29, 1.82) is 0 Å². The van der Waals surface area contributed by atoms with Crippen LogP contribution in [0.4, 0.5) is 18.9 Å². The maximum Gasteiger partial charge on any atom is 0.263 e. The van der Waals surface area contributed by atoms with E-state index >= 15 is 0 Å². The molecule has 0 aliphatic rings. The molecule has 0 saturated carbocycles. The van der Waals surface area contributed by atoms with Gasteiger partial charge in [0.05, 0.1) is 22.0 Å². The van der Waals surface area contributed by atoms with Gasteiger partial charge in [0.15, 0.2) is 0 Å². The number of fused-ring (bicyclic) bond motifs is 1. The number of hydrogen-bond acceptors (Lipinski definition) is 2. The number of nitrogens with one attached hydrogen (secondary N) is 1. The molecular weight excluding hydrogens is 417 g/mol. The monoisotopic (exact) mass is 428 g/mol. The zero-order valence-electron chi connectivity index (χ0n) is 15.1. The smallest absolute Gasteiger partial charge is 0.263 e. The van der Waals surface area contributed by atoms with Gasteiger partial charge in [-0.05, 0) is 36.4 Å². The first kappa shape index (κ1) is 19.7. The summed E-state index contributed by atoms with van der Waals surface area (Å²) in [6, 6.07) is 12.6. The summed E-state index contributed by atoms with van der Waals surface area (Å²) in [6.07, 6.45) is 1.17. The lowest BCUT2D eigenvalue weighted by molar-refractivity contribution is 0.102. The largest absolute Gasteiger partial charge is 0.321 e. The van der Waals surface area contributed by atoms with Gasteiger partial charge in [-0.2, -0.15) is 0 Å². The number of nitrogens with zero attached hydrogens (tertiary/aromatic N) is 1. The van der Waals surface area contributed by atoms with E-state index in [4.69, 9.17) is 11.6 Å². The quantitative estimate of drug-likeness (QED) is 0.480. The molecule has 4 nitrogen and oxygen atoms in total. The van der Waals surface area contributed by atoms with Crippen molar-refractivity contribution < 1.29 is 18.0 Å². The Morgan fingerprint density at radius 2 is 1.57 bits per heavy atom. The van der Waals surface area contributed by atoms with Crippen molar-refractivity contribution in [3.05, 3.63) is 105 Å². The minimum absolute atomic E-state index is 0.00874. The Morgan fingerprint density at radius 3 is 2.27 bits per heavy atom. The molecule has 0 saturated heterocycles. The predicted molar refractivity (Wildman–Crippen MR) is 109 cm³/mol. The van der Waals surface area contributed by atoms with Crippen LogP contribution in [0.5, 0.6) is 0 Å². The normalized spacial score (nSPS) is 10.9. The summed E-state index contributed by atoms with van der Waals surface area (Å²) < 4.78 is 41.8. The van der Waals surface area contributed by atoms with Gasteiger partial charge in [-0.15, -0.1) is 0 Å². The van der Waals surface area contributed by atoms with Gasteiger partial charge in [-0.3, -0.25) is 14.2 Å². The van der Waals surface area contributed by atoms with Gasteiger partial charge >= 0.3 is 0 Å². The Hall–Kier alpha value is -3.58. The van der Waals surface area contributed by atoms with Gasteiger partial charge in [0.25, 0.3) is 11.5 Å². The molecular formula is C22H12ClF3N2O2. The van der Waals surface area contributed by atoms with E-state index in [1.807, 2.05) is 0 Å². The number of pyridine rings is 1. The molecule has 1 amide bonds. The second kappa shape index (κ2) is 7.68. The van der Waals surface area contributed by atoms with Crippen LogP contribution in [0.15, 0.2) is 71.7 Å². The van der Waals surface area contributed by atoms with Gasteiger partial charge < -0.3 is 5.32 Å². The van der Waals surface area contributed by atoms with E-state index in [2.05, 4.69) is 5.32 Å². The second-order valence-electron chi connectivity index (χ2n) is 6.44. The first-order valence-electron chi connectivity index (χ1n) is 8.71. The summed E-state index contributed by atoms with van der Waals surface area (Å²) in [7, 11) is 0.